The number of nitrogens with zero attached hydrogens (tertiary/aromatic N) is 1. The number of hydrogen-bond donors (Lipinski definition) is 2. The molecule has 4 nitrogen and oxygen atoms in total. The Hall–Kier alpha value is -1.91. The van der Waals surface area contributed by atoms with E-state index in [1.54, 1.807) is 12.1 Å². The predicted octanol–water partition coefficient (Wildman–Crippen LogP) is 2.56. The van der Waals surface area contributed by atoms with E-state index in [0.717, 1.165) is 12.1 Å². The van der Waals surface area contributed by atoms with Gasteiger partial charge in [-0.05, 0) is 23.3 Å². The summed E-state index contributed by atoms with van der Waals surface area (Å²) in [7, 11) is 0. The van der Waals surface area contributed by atoms with E-state index in [1.807, 2.05) is 24.3 Å². The molecule has 0 bridgehead atoms. The molecule has 2 aromatic rings. The zero-order valence-corrected chi connectivity index (χ0v) is 11.5. The number of amides is 1. The van der Waals surface area contributed by atoms with Gasteiger partial charge in [-0.1, -0.05) is 35.9 Å². The molecule has 0 saturated heterocycles. The van der Waals surface area contributed by atoms with Crippen LogP contribution in [0.2, 0.25) is 5.02 Å². The van der Waals surface area contributed by atoms with Crippen molar-refractivity contribution in [3.8, 4) is 0 Å². The fourth-order valence-corrected chi connectivity index (χ4v) is 2.51. The Bertz CT molecular complexity index is 627. The maximum atomic E-state index is 12.4. The van der Waals surface area contributed by atoms with Gasteiger partial charge in [-0.25, -0.2) is 4.98 Å². The maximum absolute atomic E-state index is 12.4. The number of halogens is 1. The van der Waals surface area contributed by atoms with E-state index in [-0.39, 0.29) is 11.8 Å². The molecule has 2 N–H and O–H groups in total. The summed E-state index contributed by atoms with van der Waals surface area (Å²) in [6, 6.07) is 11.4. The van der Waals surface area contributed by atoms with Gasteiger partial charge in [0.2, 0.25) is 5.91 Å². The van der Waals surface area contributed by atoms with Crippen molar-refractivity contribution in [2.24, 2.45) is 0 Å². The Labute approximate surface area is 122 Å². The first-order valence-corrected chi connectivity index (χ1v) is 6.83. The quantitative estimate of drug-likeness (QED) is 0.892. The summed E-state index contributed by atoms with van der Waals surface area (Å²) in [5.74, 6) is 0.263. The van der Waals surface area contributed by atoms with Crippen LogP contribution in [-0.2, 0) is 11.3 Å². The minimum Gasteiger partial charge on any atom is -0.312 e. The Balaban J connectivity index is 1.80. The van der Waals surface area contributed by atoms with Crippen LogP contribution >= 0.6 is 11.6 Å². The van der Waals surface area contributed by atoms with Gasteiger partial charge in [0.15, 0.2) is 0 Å². The van der Waals surface area contributed by atoms with Crippen LogP contribution in [0.25, 0.3) is 0 Å². The highest BCUT2D eigenvalue weighted by Gasteiger charge is 2.26. The van der Waals surface area contributed by atoms with E-state index in [1.165, 1.54) is 11.8 Å². The number of pyridine rings is 1. The van der Waals surface area contributed by atoms with Gasteiger partial charge in [-0.3, -0.25) is 4.79 Å². The normalized spacial score (nSPS) is 17.4. The molecular formula is C15H14ClN3O. The zero-order chi connectivity index (χ0) is 13.9. The van der Waals surface area contributed by atoms with E-state index in [9.17, 15) is 4.79 Å². The first kappa shape index (κ1) is 13.1. The van der Waals surface area contributed by atoms with Crippen LogP contribution < -0.4 is 10.6 Å². The molecule has 0 saturated carbocycles. The number of carbonyl (C=O) groups excluding carboxylic acids is 1. The highest BCUT2D eigenvalue weighted by molar-refractivity contribution is 6.30. The van der Waals surface area contributed by atoms with Crippen molar-refractivity contribution in [3.63, 3.8) is 0 Å². The molecule has 102 valence electrons. The fraction of sp³-hybridized carbons (Fsp3) is 0.200. The second-order valence-corrected chi connectivity index (χ2v) is 5.17. The van der Waals surface area contributed by atoms with Crippen LogP contribution in [-0.4, -0.2) is 17.4 Å². The number of fused-ring (bicyclic) bond motifs is 1. The highest BCUT2D eigenvalue weighted by atomic mass is 35.5. The Morgan fingerprint density at radius 1 is 1.30 bits per heavy atom. The number of aromatic nitrogens is 1. The maximum Gasteiger partial charge on any atom is 0.234 e. The topological polar surface area (TPSA) is 54.0 Å². The summed E-state index contributed by atoms with van der Waals surface area (Å²) in [6.07, 6.45) is 1.52. The molecule has 0 spiro atoms. The number of nitrogens with one attached hydrogen (secondary N) is 2. The second-order valence-electron chi connectivity index (χ2n) is 4.73. The summed E-state index contributed by atoms with van der Waals surface area (Å²) >= 11 is 5.78. The Kier molecular flexibility index (Phi) is 3.67. The van der Waals surface area contributed by atoms with E-state index < -0.39 is 0 Å². The minimum atomic E-state index is -0.197. The molecule has 1 aromatic carbocycles. The smallest absolute Gasteiger partial charge is 0.234 e. The predicted molar refractivity (Wildman–Crippen MR) is 78.8 cm³/mol. The first-order chi connectivity index (χ1) is 9.74. The molecule has 2 heterocycles. The van der Waals surface area contributed by atoms with E-state index in [2.05, 4.69) is 15.6 Å². The van der Waals surface area contributed by atoms with Gasteiger partial charge in [-0.2, -0.15) is 0 Å². The molecule has 1 unspecified atom stereocenters. The second kappa shape index (κ2) is 5.61. The summed E-state index contributed by atoms with van der Waals surface area (Å²) in [4.78, 5) is 16.5. The van der Waals surface area contributed by atoms with Crippen LogP contribution in [0.5, 0.6) is 0 Å². The summed E-state index contributed by atoms with van der Waals surface area (Å²) in [5, 5.41) is 6.64. The van der Waals surface area contributed by atoms with Crippen LogP contribution in [0.3, 0.4) is 0 Å². The molecule has 1 aromatic heterocycles. The minimum absolute atomic E-state index is 0.0560. The molecule has 0 aliphatic carbocycles. The fourth-order valence-electron chi connectivity index (χ4n) is 2.39. The summed E-state index contributed by atoms with van der Waals surface area (Å²) in [5.41, 5.74) is 2.25. The molecular weight excluding hydrogens is 274 g/mol. The van der Waals surface area contributed by atoms with Crippen LogP contribution in [0.15, 0.2) is 42.6 Å². The third-order valence-corrected chi connectivity index (χ3v) is 3.61. The van der Waals surface area contributed by atoms with E-state index in [4.69, 9.17) is 11.6 Å². The zero-order valence-electron chi connectivity index (χ0n) is 10.8. The number of hydrogen-bond acceptors (Lipinski definition) is 3. The SMILES string of the molecule is O=C(Nc1ccc(Cl)cn1)C1CNCc2ccccc21. The van der Waals surface area contributed by atoms with Crippen LogP contribution in [0.1, 0.15) is 17.0 Å². The Morgan fingerprint density at radius 2 is 2.15 bits per heavy atom. The lowest BCUT2D eigenvalue weighted by Gasteiger charge is -2.25. The van der Waals surface area contributed by atoms with Crippen molar-refractivity contribution < 1.29 is 4.79 Å². The summed E-state index contributed by atoms with van der Waals surface area (Å²) < 4.78 is 0. The third kappa shape index (κ3) is 2.66. The number of carbonyl (C=O) groups is 1. The van der Waals surface area contributed by atoms with Gasteiger partial charge in [0.05, 0.1) is 10.9 Å². The molecule has 1 aliphatic rings. The van der Waals surface area contributed by atoms with Crippen LogP contribution in [0.4, 0.5) is 5.82 Å². The molecule has 0 radical (unpaired) electrons. The van der Waals surface area contributed by atoms with Gasteiger partial charge < -0.3 is 10.6 Å². The number of rotatable bonds is 2. The van der Waals surface area contributed by atoms with Gasteiger partial charge in [0.1, 0.15) is 5.82 Å². The average Bonchev–Trinajstić information content (AvgIpc) is 2.49. The van der Waals surface area contributed by atoms with Crippen molar-refractivity contribution >= 4 is 23.3 Å². The highest BCUT2D eigenvalue weighted by Crippen LogP contribution is 2.25. The molecule has 0 fully saturated rings. The van der Waals surface area contributed by atoms with Crippen molar-refractivity contribution in [1.82, 2.24) is 10.3 Å². The van der Waals surface area contributed by atoms with Gasteiger partial charge in [-0.15, -0.1) is 0 Å². The molecule has 1 amide bonds. The molecule has 20 heavy (non-hydrogen) atoms. The van der Waals surface area contributed by atoms with Crippen molar-refractivity contribution in [2.75, 3.05) is 11.9 Å². The van der Waals surface area contributed by atoms with Crippen molar-refractivity contribution in [2.45, 2.75) is 12.5 Å². The lowest BCUT2D eigenvalue weighted by atomic mass is 9.90. The largest absolute Gasteiger partial charge is 0.312 e. The van der Waals surface area contributed by atoms with Gasteiger partial charge in [0, 0.05) is 19.3 Å². The van der Waals surface area contributed by atoms with Crippen LogP contribution in [0, 0.1) is 0 Å². The molecule has 5 heteroatoms. The Morgan fingerprint density at radius 3 is 2.95 bits per heavy atom. The molecule has 3 rings (SSSR count). The third-order valence-electron chi connectivity index (χ3n) is 3.39. The molecule has 1 aliphatic heterocycles. The van der Waals surface area contributed by atoms with Gasteiger partial charge in [0.25, 0.3) is 0 Å². The molecule has 1 atom stereocenters. The van der Waals surface area contributed by atoms with E-state index >= 15 is 0 Å². The van der Waals surface area contributed by atoms with E-state index in [0.29, 0.717) is 17.4 Å². The lowest BCUT2D eigenvalue weighted by Crippen LogP contribution is -2.35. The van der Waals surface area contributed by atoms with Crippen molar-refractivity contribution in [1.29, 1.82) is 0 Å². The monoisotopic (exact) mass is 287 g/mol. The van der Waals surface area contributed by atoms with Gasteiger partial charge >= 0.3 is 0 Å². The average molecular weight is 288 g/mol. The lowest BCUT2D eigenvalue weighted by molar-refractivity contribution is -0.117. The van der Waals surface area contributed by atoms with Crippen molar-refractivity contribution in [3.05, 3.63) is 58.7 Å². The standard InChI is InChI=1S/C15H14ClN3O/c16-11-5-6-14(18-8-11)19-15(20)13-9-17-7-10-3-1-2-4-12(10)13/h1-6,8,13,17H,7,9H2,(H,18,19,20). The number of benzene rings is 1. The first-order valence-electron chi connectivity index (χ1n) is 6.45. The summed E-state index contributed by atoms with van der Waals surface area (Å²) in [6.45, 7) is 1.44. The number of anilines is 1.